The largest absolute Gasteiger partial charge is 0.452 e. The van der Waals surface area contributed by atoms with Gasteiger partial charge in [-0.15, -0.1) is 0 Å². The van der Waals surface area contributed by atoms with Crippen molar-refractivity contribution >= 4 is 23.5 Å². The van der Waals surface area contributed by atoms with Crippen LogP contribution in [0.15, 0.2) is 54.6 Å². The highest BCUT2D eigenvalue weighted by Gasteiger charge is 2.20. The van der Waals surface area contributed by atoms with Gasteiger partial charge < -0.3 is 20.1 Å². The molecule has 9 heteroatoms. The summed E-state index contributed by atoms with van der Waals surface area (Å²) >= 11 is 0. The average molecular weight is 420 g/mol. The predicted octanol–water partition coefficient (Wildman–Crippen LogP) is 2.91. The normalized spacial score (nSPS) is 11.5. The molecule has 0 heterocycles. The summed E-state index contributed by atoms with van der Waals surface area (Å²) in [6.07, 6.45) is -1.10. The molecule has 0 fully saturated rings. The Bertz CT molecular complexity index is 861. The number of benzene rings is 2. The van der Waals surface area contributed by atoms with E-state index >= 15 is 0 Å². The molecular weight excluding hydrogens is 398 g/mol. The summed E-state index contributed by atoms with van der Waals surface area (Å²) in [5.74, 6) is -1.84. The molecule has 0 aliphatic heterocycles. The Kier molecular flexibility index (Phi) is 8.74. The highest BCUT2D eigenvalue weighted by atomic mass is 19.3. The lowest BCUT2D eigenvalue weighted by atomic mass is 10.1. The van der Waals surface area contributed by atoms with Crippen molar-refractivity contribution in [2.45, 2.75) is 32.5 Å². The maximum Gasteiger partial charge on any atom is 0.387 e. The zero-order valence-corrected chi connectivity index (χ0v) is 16.3. The summed E-state index contributed by atoms with van der Waals surface area (Å²) < 4.78 is 34.2. The minimum Gasteiger partial charge on any atom is -0.452 e. The van der Waals surface area contributed by atoms with Gasteiger partial charge in [0.05, 0.1) is 18.5 Å². The fraction of sp³-hybridized carbons (Fsp3) is 0.286. The van der Waals surface area contributed by atoms with E-state index < -0.39 is 24.6 Å². The molecule has 2 rings (SSSR count). The maximum absolute atomic E-state index is 12.4. The Morgan fingerprint density at radius 3 is 2.37 bits per heavy atom. The zero-order valence-electron chi connectivity index (χ0n) is 16.3. The van der Waals surface area contributed by atoms with Gasteiger partial charge in [-0.05, 0) is 24.6 Å². The monoisotopic (exact) mass is 420 g/mol. The van der Waals surface area contributed by atoms with Gasteiger partial charge in [0.2, 0.25) is 5.91 Å². The quantitative estimate of drug-likeness (QED) is 0.577. The van der Waals surface area contributed by atoms with E-state index in [1.165, 1.54) is 31.2 Å². The van der Waals surface area contributed by atoms with Crippen LogP contribution in [-0.2, 0) is 25.5 Å². The summed E-state index contributed by atoms with van der Waals surface area (Å²) in [5, 5.41) is 4.98. The van der Waals surface area contributed by atoms with Crippen molar-refractivity contribution < 1.29 is 32.6 Å². The first-order valence-electron chi connectivity index (χ1n) is 9.20. The van der Waals surface area contributed by atoms with Crippen molar-refractivity contribution in [2.24, 2.45) is 0 Å². The molecule has 2 N–H and O–H groups in total. The highest BCUT2D eigenvalue weighted by molar-refractivity contribution is 5.96. The van der Waals surface area contributed by atoms with Gasteiger partial charge in [0, 0.05) is 6.54 Å². The van der Waals surface area contributed by atoms with E-state index in [9.17, 15) is 23.2 Å². The summed E-state index contributed by atoms with van der Waals surface area (Å²) in [6.45, 7) is -1.64. The molecule has 0 saturated heterocycles. The number of carbonyl (C=O) groups is 3. The van der Waals surface area contributed by atoms with Crippen LogP contribution in [0, 0.1) is 0 Å². The van der Waals surface area contributed by atoms with E-state index in [4.69, 9.17) is 4.74 Å². The second-order valence-electron chi connectivity index (χ2n) is 6.26. The Morgan fingerprint density at radius 1 is 1.00 bits per heavy atom. The van der Waals surface area contributed by atoms with Crippen LogP contribution in [0.5, 0.6) is 5.75 Å². The second kappa shape index (κ2) is 11.5. The van der Waals surface area contributed by atoms with Gasteiger partial charge in [0.25, 0.3) is 5.91 Å². The number of nitrogens with one attached hydrogen (secondary N) is 2. The highest BCUT2D eigenvalue weighted by Crippen LogP contribution is 2.25. The molecule has 30 heavy (non-hydrogen) atoms. The SMILES string of the molecule is CC(OC(=O)CCNC(=O)Cc1ccccc1)C(=O)Nc1ccccc1OC(F)F. The predicted molar refractivity (Wildman–Crippen MR) is 105 cm³/mol. The van der Waals surface area contributed by atoms with Gasteiger partial charge in [-0.25, -0.2) is 0 Å². The number of ether oxygens (including phenoxy) is 2. The fourth-order valence-electron chi connectivity index (χ4n) is 2.46. The van der Waals surface area contributed by atoms with Crippen molar-refractivity contribution in [1.82, 2.24) is 5.32 Å². The maximum atomic E-state index is 12.4. The van der Waals surface area contributed by atoms with Crippen LogP contribution in [0.3, 0.4) is 0 Å². The lowest BCUT2D eigenvalue weighted by Gasteiger charge is -2.16. The van der Waals surface area contributed by atoms with Crippen molar-refractivity contribution in [3.05, 3.63) is 60.2 Å². The van der Waals surface area contributed by atoms with E-state index in [0.717, 1.165) is 5.56 Å². The van der Waals surface area contributed by atoms with Gasteiger partial charge in [-0.2, -0.15) is 8.78 Å². The van der Waals surface area contributed by atoms with E-state index in [0.29, 0.717) is 0 Å². The van der Waals surface area contributed by atoms with Crippen molar-refractivity contribution in [2.75, 3.05) is 11.9 Å². The fourth-order valence-corrected chi connectivity index (χ4v) is 2.46. The molecule has 0 aromatic heterocycles. The standard InChI is InChI=1S/C21H22F2N2O5/c1-14(20(28)25-16-9-5-6-10-17(16)30-21(22)23)29-19(27)11-12-24-18(26)13-15-7-3-2-4-8-15/h2-10,14,21H,11-13H2,1H3,(H,24,26)(H,25,28). The number of halogens is 2. The Labute approximate surface area is 172 Å². The van der Waals surface area contributed by atoms with Gasteiger partial charge in [-0.1, -0.05) is 42.5 Å². The van der Waals surface area contributed by atoms with Crippen LogP contribution >= 0.6 is 0 Å². The summed E-state index contributed by atoms with van der Waals surface area (Å²) in [6, 6.07) is 14.8. The topological polar surface area (TPSA) is 93.7 Å². The van der Waals surface area contributed by atoms with Crippen molar-refractivity contribution in [1.29, 1.82) is 0 Å². The van der Waals surface area contributed by atoms with Crippen LogP contribution in [0.25, 0.3) is 0 Å². The number of rotatable bonds is 10. The Balaban J connectivity index is 1.74. The molecule has 160 valence electrons. The van der Waals surface area contributed by atoms with E-state index in [1.54, 1.807) is 0 Å². The molecule has 0 spiro atoms. The lowest BCUT2D eigenvalue weighted by Crippen LogP contribution is -2.32. The molecule has 2 aromatic rings. The molecule has 1 unspecified atom stereocenters. The number of amides is 2. The van der Waals surface area contributed by atoms with E-state index in [1.807, 2.05) is 30.3 Å². The molecule has 7 nitrogen and oxygen atoms in total. The van der Waals surface area contributed by atoms with Gasteiger partial charge in [-0.3, -0.25) is 14.4 Å². The van der Waals surface area contributed by atoms with E-state index in [2.05, 4.69) is 15.4 Å². The lowest BCUT2D eigenvalue weighted by molar-refractivity contribution is -0.153. The molecule has 0 aliphatic rings. The number of hydrogen-bond donors (Lipinski definition) is 2. The van der Waals surface area contributed by atoms with Crippen molar-refractivity contribution in [3.8, 4) is 5.75 Å². The first-order chi connectivity index (χ1) is 14.3. The van der Waals surface area contributed by atoms with Crippen LogP contribution in [0.4, 0.5) is 14.5 Å². The average Bonchev–Trinajstić information content (AvgIpc) is 2.69. The first-order valence-corrected chi connectivity index (χ1v) is 9.20. The number of anilines is 1. The molecule has 1 atom stereocenters. The Hall–Kier alpha value is -3.49. The number of carbonyl (C=O) groups excluding carboxylic acids is 3. The number of para-hydroxylation sites is 2. The summed E-state index contributed by atoms with van der Waals surface area (Å²) in [7, 11) is 0. The number of alkyl halides is 2. The van der Waals surface area contributed by atoms with Crippen molar-refractivity contribution in [3.63, 3.8) is 0 Å². The molecular formula is C21H22F2N2O5. The summed E-state index contributed by atoms with van der Waals surface area (Å²) in [4.78, 5) is 35.9. The van der Waals surface area contributed by atoms with Crippen LogP contribution in [-0.4, -0.2) is 37.0 Å². The number of hydrogen-bond acceptors (Lipinski definition) is 5. The Morgan fingerprint density at radius 2 is 1.67 bits per heavy atom. The summed E-state index contributed by atoms with van der Waals surface area (Å²) in [5.41, 5.74) is 0.873. The molecule has 0 saturated carbocycles. The van der Waals surface area contributed by atoms with Gasteiger partial charge in [0.1, 0.15) is 5.75 Å². The smallest absolute Gasteiger partial charge is 0.387 e. The first kappa shape index (κ1) is 22.8. The third kappa shape index (κ3) is 7.86. The third-order valence-corrected chi connectivity index (χ3v) is 3.90. The van der Waals surface area contributed by atoms with E-state index in [-0.39, 0.29) is 36.7 Å². The number of esters is 1. The molecule has 0 aliphatic carbocycles. The van der Waals surface area contributed by atoms with Crippen LogP contribution in [0.2, 0.25) is 0 Å². The third-order valence-electron chi connectivity index (χ3n) is 3.90. The molecule has 2 aromatic carbocycles. The van der Waals surface area contributed by atoms with Gasteiger partial charge in [0.15, 0.2) is 6.10 Å². The second-order valence-corrected chi connectivity index (χ2v) is 6.26. The van der Waals surface area contributed by atoms with Gasteiger partial charge >= 0.3 is 12.6 Å². The minimum atomic E-state index is -3.05. The zero-order chi connectivity index (χ0) is 21.9. The molecule has 2 amide bonds. The molecule has 0 radical (unpaired) electrons. The van der Waals surface area contributed by atoms with Crippen LogP contribution < -0.4 is 15.4 Å². The molecule has 0 bridgehead atoms. The minimum absolute atomic E-state index is 0.0267. The van der Waals surface area contributed by atoms with Crippen LogP contribution in [0.1, 0.15) is 18.9 Å².